The SMILES string of the molecule is CCCCc1ncc(/C=C(\Cc2sccc2CC)C(=O)OCC)n1Cc1ccc(C(=O)O)cc1. The highest BCUT2D eigenvalue weighted by Gasteiger charge is 2.17. The van der Waals surface area contributed by atoms with Crippen LogP contribution in [-0.4, -0.2) is 33.2 Å². The second-order valence-corrected chi connectivity index (χ2v) is 9.08. The smallest absolute Gasteiger partial charge is 0.335 e. The number of carbonyl (C=O) groups is 2. The van der Waals surface area contributed by atoms with E-state index in [1.54, 1.807) is 23.5 Å². The Hall–Kier alpha value is -3.19. The number of aromatic nitrogens is 2. The minimum Gasteiger partial charge on any atom is -0.478 e. The van der Waals surface area contributed by atoms with Gasteiger partial charge in [0.1, 0.15) is 5.82 Å². The number of hydrogen-bond donors (Lipinski definition) is 1. The Labute approximate surface area is 204 Å². The van der Waals surface area contributed by atoms with Gasteiger partial charge in [-0.1, -0.05) is 32.4 Å². The van der Waals surface area contributed by atoms with Crippen molar-refractivity contribution in [3.05, 3.63) is 80.6 Å². The Kier molecular flexibility index (Phi) is 9.22. The first-order chi connectivity index (χ1) is 16.5. The summed E-state index contributed by atoms with van der Waals surface area (Å²) in [5.74, 6) is -0.309. The Morgan fingerprint density at radius 1 is 1.15 bits per heavy atom. The monoisotopic (exact) mass is 480 g/mol. The molecule has 34 heavy (non-hydrogen) atoms. The molecule has 7 heteroatoms. The fraction of sp³-hybridized carbons (Fsp3) is 0.370. The maximum Gasteiger partial charge on any atom is 0.335 e. The lowest BCUT2D eigenvalue weighted by molar-refractivity contribution is -0.138. The van der Waals surface area contributed by atoms with Gasteiger partial charge in [0.25, 0.3) is 0 Å². The number of nitrogens with zero attached hydrogens (tertiary/aromatic N) is 2. The van der Waals surface area contributed by atoms with Gasteiger partial charge >= 0.3 is 11.9 Å². The second-order valence-electron chi connectivity index (χ2n) is 8.08. The van der Waals surface area contributed by atoms with Gasteiger partial charge < -0.3 is 14.4 Å². The molecule has 0 atom stereocenters. The standard InChI is InChI=1S/C27H32N2O4S/c1-4-7-8-25-28-17-23(29(25)18-19-9-11-21(12-10-19)26(30)31)15-22(27(32)33-6-3)16-24-20(5-2)13-14-34-24/h9-15,17H,4-8,16,18H2,1-3H3,(H,30,31)/b22-15+. The van der Waals surface area contributed by atoms with Crippen LogP contribution in [0.15, 0.2) is 47.5 Å². The van der Waals surface area contributed by atoms with Crippen molar-refractivity contribution in [2.75, 3.05) is 6.61 Å². The molecule has 0 aliphatic carbocycles. The normalized spacial score (nSPS) is 11.6. The summed E-state index contributed by atoms with van der Waals surface area (Å²) in [7, 11) is 0. The molecule has 0 bridgehead atoms. The van der Waals surface area contributed by atoms with Crippen molar-refractivity contribution in [2.45, 2.75) is 59.4 Å². The van der Waals surface area contributed by atoms with Crippen LogP contribution in [0.2, 0.25) is 0 Å². The minimum absolute atomic E-state index is 0.257. The first-order valence-electron chi connectivity index (χ1n) is 11.8. The van der Waals surface area contributed by atoms with Crippen LogP contribution in [0, 0.1) is 0 Å². The highest BCUT2D eigenvalue weighted by atomic mass is 32.1. The van der Waals surface area contributed by atoms with Gasteiger partial charge in [0.2, 0.25) is 0 Å². The number of imidazole rings is 1. The first kappa shape index (κ1) is 25.4. The summed E-state index contributed by atoms with van der Waals surface area (Å²) < 4.78 is 7.49. The van der Waals surface area contributed by atoms with Crippen molar-refractivity contribution in [2.24, 2.45) is 0 Å². The highest BCUT2D eigenvalue weighted by molar-refractivity contribution is 7.10. The number of thiophene rings is 1. The van der Waals surface area contributed by atoms with Gasteiger partial charge in [-0.15, -0.1) is 11.3 Å². The Bertz CT molecular complexity index is 1140. The second kappa shape index (κ2) is 12.3. The number of unbranched alkanes of at least 4 members (excludes halogenated alkanes) is 1. The van der Waals surface area contributed by atoms with Crippen LogP contribution in [-0.2, 0) is 35.3 Å². The number of carboxylic acid groups (broad SMARTS) is 1. The molecule has 3 rings (SSSR count). The number of aromatic carboxylic acids is 1. The Morgan fingerprint density at radius 2 is 1.91 bits per heavy atom. The van der Waals surface area contributed by atoms with Crippen LogP contribution in [0.25, 0.3) is 6.08 Å². The number of rotatable bonds is 12. The minimum atomic E-state index is -0.944. The molecule has 2 heterocycles. The number of carbonyl (C=O) groups excluding carboxylic acids is 1. The van der Waals surface area contributed by atoms with Gasteiger partial charge in [-0.05, 0) is 60.5 Å². The van der Waals surface area contributed by atoms with Gasteiger partial charge in [-0.3, -0.25) is 0 Å². The summed E-state index contributed by atoms with van der Waals surface area (Å²) in [5.41, 5.74) is 3.91. The Morgan fingerprint density at radius 3 is 2.56 bits per heavy atom. The maximum absolute atomic E-state index is 12.9. The van der Waals surface area contributed by atoms with Gasteiger partial charge in [-0.2, -0.15) is 0 Å². The lowest BCUT2D eigenvalue weighted by Gasteiger charge is -2.13. The molecule has 1 aromatic carbocycles. The molecule has 0 radical (unpaired) electrons. The summed E-state index contributed by atoms with van der Waals surface area (Å²) in [4.78, 5) is 29.9. The van der Waals surface area contributed by atoms with E-state index in [9.17, 15) is 14.7 Å². The summed E-state index contributed by atoms with van der Waals surface area (Å²) in [6.07, 6.45) is 8.03. The zero-order valence-corrected chi connectivity index (χ0v) is 20.9. The third-order valence-corrected chi connectivity index (χ3v) is 6.66. The van der Waals surface area contributed by atoms with Crippen molar-refractivity contribution >= 4 is 29.4 Å². The van der Waals surface area contributed by atoms with Crippen LogP contribution in [0.4, 0.5) is 0 Å². The molecule has 1 N–H and O–H groups in total. The van der Waals surface area contributed by atoms with Crippen molar-refractivity contribution in [3.8, 4) is 0 Å². The fourth-order valence-corrected chi connectivity index (χ4v) is 4.79. The summed E-state index contributed by atoms with van der Waals surface area (Å²) in [6, 6.07) is 8.99. The number of ether oxygens (including phenoxy) is 1. The van der Waals surface area contributed by atoms with E-state index in [0.717, 1.165) is 42.8 Å². The Balaban J connectivity index is 1.99. The van der Waals surface area contributed by atoms with Crippen LogP contribution < -0.4 is 0 Å². The molecule has 180 valence electrons. The molecule has 0 unspecified atom stereocenters. The molecule has 6 nitrogen and oxygen atoms in total. The van der Waals surface area contributed by atoms with E-state index < -0.39 is 5.97 Å². The summed E-state index contributed by atoms with van der Waals surface area (Å²) in [5, 5.41) is 11.2. The summed E-state index contributed by atoms with van der Waals surface area (Å²) >= 11 is 1.66. The molecule has 0 saturated carbocycles. The molecule has 0 aliphatic heterocycles. The third-order valence-electron chi connectivity index (χ3n) is 5.69. The van der Waals surface area contributed by atoms with Gasteiger partial charge in [-0.25, -0.2) is 14.6 Å². The molecular weight excluding hydrogens is 448 g/mol. The van der Waals surface area contributed by atoms with E-state index in [-0.39, 0.29) is 11.5 Å². The number of esters is 1. The van der Waals surface area contributed by atoms with Crippen LogP contribution >= 0.6 is 11.3 Å². The lowest BCUT2D eigenvalue weighted by atomic mass is 10.1. The molecule has 2 aromatic heterocycles. The molecule has 0 saturated heterocycles. The van der Waals surface area contributed by atoms with E-state index in [0.29, 0.717) is 25.1 Å². The van der Waals surface area contributed by atoms with E-state index in [1.807, 2.05) is 31.3 Å². The molecule has 0 spiro atoms. The third kappa shape index (κ3) is 6.44. The number of hydrogen-bond acceptors (Lipinski definition) is 5. The molecule has 0 fully saturated rings. The van der Waals surface area contributed by atoms with Gasteiger partial charge in [0.05, 0.1) is 24.1 Å². The molecule has 0 aliphatic rings. The molecule has 0 amide bonds. The zero-order chi connectivity index (χ0) is 24.5. The predicted octanol–water partition coefficient (Wildman–Crippen LogP) is 5.79. The number of carboxylic acids is 1. The van der Waals surface area contributed by atoms with Crippen molar-refractivity contribution in [1.82, 2.24) is 9.55 Å². The average molecular weight is 481 g/mol. The van der Waals surface area contributed by atoms with E-state index >= 15 is 0 Å². The van der Waals surface area contributed by atoms with Crippen molar-refractivity contribution in [3.63, 3.8) is 0 Å². The van der Waals surface area contributed by atoms with E-state index in [2.05, 4.69) is 34.8 Å². The number of aryl methyl sites for hydroxylation is 2. The largest absolute Gasteiger partial charge is 0.478 e. The lowest BCUT2D eigenvalue weighted by Crippen LogP contribution is -2.12. The van der Waals surface area contributed by atoms with E-state index in [4.69, 9.17) is 4.74 Å². The quantitative estimate of drug-likeness (QED) is 0.262. The van der Waals surface area contributed by atoms with Crippen LogP contribution in [0.1, 0.15) is 71.5 Å². The van der Waals surface area contributed by atoms with Crippen molar-refractivity contribution in [1.29, 1.82) is 0 Å². The highest BCUT2D eigenvalue weighted by Crippen LogP contribution is 2.24. The molecule has 3 aromatic rings. The maximum atomic E-state index is 12.9. The van der Waals surface area contributed by atoms with Gasteiger partial charge in [0.15, 0.2) is 0 Å². The van der Waals surface area contributed by atoms with E-state index in [1.165, 1.54) is 10.4 Å². The fourth-order valence-electron chi connectivity index (χ4n) is 3.79. The summed E-state index contributed by atoms with van der Waals surface area (Å²) in [6.45, 7) is 6.93. The van der Waals surface area contributed by atoms with Crippen LogP contribution in [0.3, 0.4) is 0 Å². The topological polar surface area (TPSA) is 81.4 Å². The van der Waals surface area contributed by atoms with Crippen LogP contribution in [0.5, 0.6) is 0 Å². The van der Waals surface area contributed by atoms with Crippen molar-refractivity contribution < 1.29 is 19.4 Å². The average Bonchev–Trinajstić information content (AvgIpc) is 3.44. The zero-order valence-electron chi connectivity index (χ0n) is 20.0. The molecular formula is C27H32N2O4S. The number of benzene rings is 1. The predicted molar refractivity (Wildman–Crippen MR) is 135 cm³/mol. The first-order valence-corrected chi connectivity index (χ1v) is 12.6. The van der Waals surface area contributed by atoms with Gasteiger partial charge in [0, 0.05) is 29.8 Å².